The molecular formula is C17H22N4OS. The fourth-order valence-corrected chi connectivity index (χ4v) is 3.64. The van der Waals surface area contributed by atoms with Crippen LogP contribution in [0.2, 0.25) is 0 Å². The van der Waals surface area contributed by atoms with Crippen LogP contribution < -0.4 is 5.32 Å². The Kier molecular flexibility index (Phi) is 5.58. The summed E-state index contributed by atoms with van der Waals surface area (Å²) in [5, 5.41) is 13.4. The first-order chi connectivity index (χ1) is 11.3. The second kappa shape index (κ2) is 8.06. The average Bonchev–Trinajstić information content (AvgIpc) is 3.10. The number of aromatic nitrogens is 2. The minimum Gasteiger partial charge on any atom is -0.366 e. The van der Waals surface area contributed by atoms with Gasteiger partial charge < -0.3 is 10.2 Å². The zero-order valence-corrected chi connectivity index (χ0v) is 14.0. The van der Waals surface area contributed by atoms with Crippen molar-refractivity contribution in [3.63, 3.8) is 0 Å². The van der Waals surface area contributed by atoms with Crippen LogP contribution in [-0.4, -0.2) is 40.1 Å². The molecule has 0 bridgehead atoms. The highest BCUT2D eigenvalue weighted by atomic mass is 32.1. The number of carbonyl (C=O) groups is 1. The molecule has 3 rings (SSSR count). The molecule has 1 saturated heterocycles. The summed E-state index contributed by atoms with van der Waals surface area (Å²) in [4.78, 5) is 15.6. The number of hydrogen-bond donors (Lipinski definition) is 1. The maximum absolute atomic E-state index is 12.3. The van der Waals surface area contributed by atoms with E-state index in [-0.39, 0.29) is 0 Å². The molecule has 23 heavy (non-hydrogen) atoms. The standard InChI is InChI=1S/C17H22N4OS/c22-17(7-1-4-15-5-3-13-23-15)21-11-8-14(9-12-21)19-16-6-2-10-18-20-16/h2-3,5-6,10,13-14H,1,4,7-9,11-12H2,(H,19,20). The molecule has 1 amide bonds. The Morgan fingerprint density at radius 2 is 2.17 bits per heavy atom. The van der Waals surface area contributed by atoms with E-state index in [1.165, 1.54) is 4.88 Å². The smallest absolute Gasteiger partial charge is 0.222 e. The summed E-state index contributed by atoms with van der Waals surface area (Å²) in [6, 6.07) is 8.38. The molecule has 1 aliphatic heterocycles. The number of likely N-dealkylation sites (tertiary alicyclic amines) is 1. The van der Waals surface area contributed by atoms with Gasteiger partial charge in [-0.15, -0.1) is 16.4 Å². The molecule has 3 heterocycles. The first-order valence-electron chi connectivity index (χ1n) is 8.15. The van der Waals surface area contributed by atoms with Gasteiger partial charge in [0.25, 0.3) is 0 Å². The number of rotatable bonds is 6. The third-order valence-corrected chi connectivity index (χ3v) is 5.10. The monoisotopic (exact) mass is 330 g/mol. The van der Waals surface area contributed by atoms with E-state index < -0.39 is 0 Å². The summed E-state index contributed by atoms with van der Waals surface area (Å²) in [5.74, 6) is 1.10. The first-order valence-corrected chi connectivity index (χ1v) is 9.03. The Bertz CT molecular complexity index is 594. The molecule has 0 aliphatic carbocycles. The highest BCUT2D eigenvalue weighted by Crippen LogP contribution is 2.17. The number of piperidine rings is 1. The van der Waals surface area contributed by atoms with Crippen molar-refractivity contribution >= 4 is 23.1 Å². The second-order valence-corrected chi connectivity index (χ2v) is 6.87. The van der Waals surface area contributed by atoms with E-state index in [4.69, 9.17) is 0 Å². The van der Waals surface area contributed by atoms with E-state index >= 15 is 0 Å². The number of nitrogens with zero attached hydrogens (tertiary/aromatic N) is 3. The molecule has 0 spiro atoms. The van der Waals surface area contributed by atoms with Crippen LogP contribution in [0.5, 0.6) is 0 Å². The maximum atomic E-state index is 12.3. The summed E-state index contributed by atoms with van der Waals surface area (Å²) in [6.45, 7) is 1.66. The second-order valence-electron chi connectivity index (χ2n) is 5.84. The summed E-state index contributed by atoms with van der Waals surface area (Å²) in [6.07, 6.45) is 6.20. The van der Waals surface area contributed by atoms with Crippen molar-refractivity contribution < 1.29 is 4.79 Å². The van der Waals surface area contributed by atoms with Crippen LogP contribution in [0.4, 0.5) is 5.82 Å². The van der Waals surface area contributed by atoms with Crippen LogP contribution in [0.15, 0.2) is 35.8 Å². The van der Waals surface area contributed by atoms with Crippen LogP contribution in [0, 0.1) is 0 Å². The minimum absolute atomic E-state index is 0.291. The molecule has 0 unspecified atom stereocenters. The van der Waals surface area contributed by atoms with Crippen LogP contribution in [-0.2, 0) is 11.2 Å². The van der Waals surface area contributed by atoms with Crippen molar-refractivity contribution in [2.24, 2.45) is 0 Å². The number of amides is 1. The first kappa shape index (κ1) is 15.9. The normalized spacial score (nSPS) is 15.6. The Balaban J connectivity index is 1.37. The minimum atomic E-state index is 0.291. The summed E-state index contributed by atoms with van der Waals surface area (Å²) >= 11 is 1.77. The molecule has 0 radical (unpaired) electrons. The molecule has 6 heteroatoms. The van der Waals surface area contributed by atoms with Gasteiger partial charge in [-0.3, -0.25) is 4.79 Å². The van der Waals surface area contributed by atoms with Gasteiger partial charge in [0.05, 0.1) is 0 Å². The molecule has 1 aliphatic rings. The molecular weight excluding hydrogens is 308 g/mol. The van der Waals surface area contributed by atoms with Crippen LogP contribution in [0.1, 0.15) is 30.6 Å². The SMILES string of the molecule is O=C(CCCc1cccs1)N1CCC(Nc2cccnn2)CC1. The average molecular weight is 330 g/mol. The molecule has 0 aromatic carbocycles. The van der Waals surface area contributed by atoms with Crippen molar-refractivity contribution in [3.8, 4) is 0 Å². The van der Waals surface area contributed by atoms with Gasteiger partial charge in [0.15, 0.2) is 0 Å². The zero-order chi connectivity index (χ0) is 15.9. The van der Waals surface area contributed by atoms with E-state index in [2.05, 4.69) is 33.0 Å². The van der Waals surface area contributed by atoms with Gasteiger partial charge >= 0.3 is 0 Å². The topological polar surface area (TPSA) is 58.1 Å². The lowest BCUT2D eigenvalue weighted by molar-refractivity contribution is -0.132. The highest BCUT2D eigenvalue weighted by Gasteiger charge is 2.22. The van der Waals surface area contributed by atoms with Crippen molar-refractivity contribution in [2.75, 3.05) is 18.4 Å². The lowest BCUT2D eigenvalue weighted by atomic mass is 10.0. The van der Waals surface area contributed by atoms with Crippen molar-refractivity contribution in [1.82, 2.24) is 15.1 Å². The van der Waals surface area contributed by atoms with Gasteiger partial charge in [0.1, 0.15) is 5.82 Å². The quantitative estimate of drug-likeness (QED) is 0.885. The lowest BCUT2D eigenvalue weighted by Crippen LogP contribution is -2.42. The van der Waals surface area contributed by atoms with Crippen LogP contribution >= 0.6 is 11.3 Å². The Labute approximate surface area is 140 Å². The van der Waals surface area contributed by atoms with Gasteiger partial charge in [0, 0.05) is 36.6 Å². The van der Waals surface area contributed by atoms with E-state index in [0.717, 1.165) is 44.6 Å². The van der Waals surface area contributed by atoms with E-state index in [9.17, 15) is 4.79 Å². The van der Waals surface area contributed by atoms with Gasteiger partial charge in [-0.2, -0.15) is 5.10 Å². The van der Waals surface area contributed by atoms with Crippen molar-refractivity contribution in [1.29, 1.82) is 0 Å². The predicted octanol–water partition coefficient (Wildman–Crippen LogP) is 2.96. The lowest BCUT2D eigenvalue weighted by Gasteiger charge is -2.32. The largest absolute Gasteiger partial charge is 0.366 e. The molecule has 0 atom stereocenters. The summed E-state index contributed by atoms with van der Waals surface area (Å²) in [7, 11) is 0. The number of nitrogens with one attached hydrogen (secondary N) is 1. The Morgan fingerprint density at radius 3 is 2.87 bits per heavy atom. The van der Waals surface area contributed by atoms with Gasteiger partial charge in [-0.1, -0.05) is 6.07 Å². The fourth-order valence-electron chi connectivity index (χ4n) is 2.89. The molecule has 1 fully saturated rings. The van der Waals surface area contributed by atoms with Gasteiger partial charge in [-0.25, -0.2) is 0 Å². The van der Waals surface area contributed by atoms with Crippen molar-refractivity contribution in [3.05, 3.63) is 40.7 Å². The van der Waals surface area contributed by atoms with Gasteiger partial charge in [0.2, 0.25) is 5.91 Å². The summed E-state index contributed by atoms with van der Waals surface area (Å²) < 4.78 is 0. The Morgan fingerprint density at radius 1 is 1.30 bits per heavy atom. The van der Waals surface area contributed by atoms with Crippen LogP contribution in [0.3, 0.4) is 0 Å². The van der Waals surface area contributed by atoms with E-state index in [1.807, 2.05) is 17.0 Å². The fraction of sp³-hybridized carbons (Fsp3) is 0.471. The number of aryl methyl sites for hydroxylation is 1. The molecule has 5 nitrogen and oxygen atoms in total. The number of hydrogen-bond acceptors (Lipinski definition) is 5. The number of anilines is 1. The van der Waals surface area contributed by atoms with E-state index in [1.54, 1.807) is 17.5 Å². The Hall–Kier alpha value is -1.95. The van der Waals surface area contributed by atoms with E-state index in [0.29, 0.717) is 18.4 Å². The summed E-state index contributed by atoms with van der Waals surface area (Å²) in [5.41, 5.74) is 0. The molecule has 2 aromatic rings. The number of thiophene rings is 1. The van der Waals surface area contributed by atoms with Gasteiger partial charge in [-0.05, 0) is 49.3 Å². The third-order valence-electron chi connectivity index (χ3n) is 4.17. The molecule has 0 saturated carbocycles. The predicted molar refractivity (Wildman–Crippen MR) is 92.5 cm³/mol. The maximum Gasteiger partial charge on any atom is 0.222 e. The molecule has 1 N–H and O–H groups in total. The third kappa shape index (κ3) is 4.76. The number of carbonyl (C=O) groups excluding carboxylic acids is 1. The molecule has 122 valence electrons. The highest BCUT2D eigenvalue weighted by molar-refractivity contribution is 7.09. The zero-order valence-electron chi connectivity index (χ0n) is 13.1. The molecule has 2 aromatic heterocycles. The van der Waals surface area contributed by atoms with Crippen LogP contribution in [0.25, 0.3) is 0 Å². The van der Waals surface area contributed by atoms with Crippen molar-refractivity contribution in [2.45, 2.75) is 38.1 Å².